The number of carbonyl (C=O) groups excluding carboxylic acids is 1. The average Bonchev–Trinajstić information content (AvgIpc) is 3.11. The predicted molar refractivity (Wildman–Crippen MR) is 113 cm³/mol. The van der Waals surface area contributed by atoms with Gasteiger partial charge in [0, 0.05) is 6.54 Å². The van der Waals surface area contributed by atoms with Crippen molar-refractivity contribution in [3.8, 4) is 11.1 Å². The number of nitrogens with one attached hydrogen (secondary N) is 1. The third-order valence-corrected chi connectivity index (χ3v) is 4.92. The van der Waals surface area contributed by atoms with E-state index in [9.17, 15) is 4.79 Å². The number of imidazole rings is 1. The lowest BCUT2D eigenvalue weighted by molar-refractivity contribution is -0.120. The summed E-state index contributed by atoms with van der Waals surface area (Å²) < 4.78 is 2.14. The van der Waals surface area contributed by atoms with Crippen molar-refractivity contribution in [2.45, 2.75) is 26.4 Å². The van der Waals surface area contributed by atoms with Crippen LogP contribution < -0.4 is 5.32 Å². The molecule has 0 fully saturated rings. The molecule has 0 aliphatic heterocycles. The van der Waals surface area contributed by atoms with Crippen LogP contribution in [-0.2, 0) is 24.3 Å². The Morgan fingerprint density at radius 1 is 0.893 bits per heavy atom. The maximum absolute atomic E-state index is 12.4. The molecule has 0 saturated carbocycles. The Morgan fingerprint density at radius 2 is 1.57 bits per heavy atom. The molecule has 4 aromatic rings. The van der Waals surface area contributed by atoms with Crippen LogP contribution in [0.2, 0.25) is 0 Å². The van der Waals surface area contributed by atoms with E-state index in [0.717, 1.165) is 34.5 Å². The molecular weight excluding hydrogens is 346 g/mol. The molecule has 3 aromatic carbocycles. The highest BCUT2D eigenvalue weighted by Gasteiger charge is 2.10. The maximum Gasteiger partial charge on any atom is 0.224 e. The van der Waals surface area contributed by atoms with Gasteiger partial charge in [0.25, 0.3) is 0 Å². The first-order chi connectivity index (χ1) is 13.7. The van der Waals surface area contributed by atoms with Crippen molar-refractivity contribution in [3.05, 3.63) is 90.3 Å². The van der Waals surface area contributed by atoms with Gasteiger partial charge in [-0.15, -0.1) is 0 Å². The number of hydrogen-bond donors (Lipinski definition) is 1. The monoisotopic (exact) mass is 369 g/mol. The number of aryl methyl sites for hydroxylation is 1. The SMILES string of the molecule is CCn1c(CNC(=O)Cc2ccc(-c3ccccc3)cc2)nc2ccccc21. The molecule has 4 nitrogen and oxygen atoms in total. The van der Waals surface area contributed by atoms with Gasteiger partial charge >= 0.3 is 0 Å². The molecule has 0 atom stereocenters. The lowest BCUT2D eigenvalue weighted by atomic mass is 10.0. The zero-order chi connectivity index (χ0) is 19.3. The lowest BCUT2D eigenvalue weighted by Gasteiger charge is -2.08. The summed E-state index contributed by atoms with van der Waals surface area (Å²) in [5, 5.41) is 3.01. The van der Waals surface area contributed by atoms with E-state index < -0.39 is 0 Å². The molecule has 0 spiro atoms. The molecule has 140 valence electrons. The van der Waals surface area contributed by atoms with E-state index >= 15 is 0 Å². The maximum atomic E-state index is 12.4. The molecule has 28 heavy (non-hydrogen) atoms. The number of hydrogen-bond acceptors (Lipinski definition) is 2. The largest absolute Gasteiger partial charge is 0.349 e. The average molecular weight is 369 g/mol. The predicted octanol–water partition coefficient (Wildman–Crippen LogP) is 4.58. The Balaban J connectivity index is 1.40. The van der Waals surface area contributed by atoms with E-state index in [0.29, 0.717) is 13.0 Å². The van der Waals surface area contributed by atoms with E-state index in [2.05, 4.69) is 52.1 Å². The molecule has 1 heterocycles. The number of nitrogens with zero attached hydrogens (tertiary/aromatic N) is 2. The summed E-state index contributed by atoms with van der Waals surface area (Å²) in [6, 6.07) is 26.5. The number of fused-ring (bicyclic) bond motifs is 1. The number of aromatic nitrogens is 2. The number of rotatable bonds is 6. The fourth-order valence-electron chi connectivity index (χ4n) is 3.48. The summed E-state index contributed by atoms with van der Waals surface area (Å²) in [5.41, 5.74) is 5.40. The second-order valence-corrected chi connectivity index (χ2v) is 6.78. The Morgan fingerprint density at radius 3 is 2.32 bits per heavy atom. The van der Waals surface area contributed by atoms with Crippen LogP contribution in [0.4, 0.5) is 0 Å². The summed E-state index contributed by atoms with van der Waals surface area (Å²) >= 11 is 0. The molecule has 4 heteroatoms. The van der Waals surface area contributed by atoms with Crippen LogP contribution in [0, 0.1) is 0 Å². The fraction of sp³-hybridized carbons (Fsp3) is 0.167. The van der Waals surface area contributed by atoms with Crippen LogP contribution >= 0.6 is 0 Å². The number of carbonyl (C=O) groups is 1. The fourth-order valence-corrected chi connectivity index (χ4v) is 3.48. The van der Waals surface area contributed by atoms with Gasteiger partial charge in [0.15, 0.2) is 0 Å². The first-order valence-electron chi connectivity index (χ1n) is 9.60. The second kappa shape index (κ2) is 8.09. The molecule has 4 rings (SSSR count). The van der Waals surface area contributed by atoms with Crippen LogP contribution in [-0.4, -0.2) is 15.5 Å². The van der Waals surface area contributed by atoms with Gasteiger partial charge in [-0.2, -0.15) is 0 Å². The molecule has 0 bridgehead atoms. The van der Waals surface area contributed by atoms with Gasteiger partial charge in [-0.1, -0.05) is 66.7 Å². The summed E-state index contributed by atoms with van der Waals surface area (Å²) in [4.78, 5) is 17.1. The van der Waals surface area contributed by atoms with E-state index in [4.69, 9.17) is 0 Å². The third-order valence-electron chi connectivity index (χ3n) is 4.92. The zero-order valence-corrected chi connectivity index (χ0v) is 15.9. The van der Waals surface area contributed by atoms with Crippen LogP contribution in [0.5, 0.6) is 0 Å². The van der Waals surface area contributed by atoms with E-state index in [-0.39, 0.29) is 5.91 Å². The van der Waals surface area contributed by atoms with E-state index in [1.54, 1.807) is 0 Å². The molecule has 0 radical (unpaired) electrons. The van der Waals surface area contributed by atoms with E-state index in [1.807, 2.05) is 48.5 Å². The molecule has 0 unspecified atom stereocenters. The Hall–Kier alpha value is -3.40. The molecule has 0 aliphatic carbocycles. The summed E-state index contributed by atoms with van der Waals surface area (Å²) in [5.74, 6) is 0.888. The standard InChI is InChI=1S/C24H23N3O/c1-2-27-22-11-7-6-10-21(22)26-23(27)17-25-24(28)16-18-12-14-20(15-13-18)19-8-4-3-5-9-19/h3-15H,2,16-17H2,1H3,(H,25,28). The van der Waals surface area contributed by atoms with Gasteiger partial charge in [0.1, 0.15) is 5.82 Å². The second-order valence-electron chi connectivity index (χ2n) is 6.78. The quantitative estimate of drug-likeness (QED) is 0.541. The highest BCUT2D eigenvalue weighted by molar-refractivity contribution is 5.79. The van der Waals surface area contributed by atoms with Gasteiger partial charge in [-0.3, -0.25) is 4.79 Å². The Bertz CT molecular complexity index is 1080. The summed E-state index contributed by atoms with van der Waals surface area (Å²) in [6.07, 6.45) is 0.363. The topological polar surface area (TPSA) is 46.9 Å². The molecule has 0 aliphatic rings. The minimum atomic E-state index is 0.00201. The normalized spacial score (nSPS) is 10.9. The highest BCUT2D eigenvalue weighted by atomic mass is 16.1. The Kier molecular flexibility index (Phi) is 5.20. The van der Waals surface area contributed by atoms with Crippen molar-refractivity contribution in [1.29, 1.82) is 0 Å². The zero-order valence-electron chi connectivity index (χ0n) is 15.9. The van der Waals surface area contributed by atoms with Crippen molar-refractivity contribution in [2.75, 3.05) is 0 Å². The van der Waals surface area contributed by atoms with Crippen LogP contribution in [0.25, 0.3) is 22.2 Å². The van der Waals surface area contributed by atoms with Gasteiger partial charge in [0.05, 0.1) is 24.0 Å². The van der Waals surface area contributed by atoms with Gasteiger partial charge < -0.3 is 9.88 Å². The number of amides is 1. The molecule has 1 amide bonds. The first-order valence-corrected chi connectivity index (χ1v) is 9.60. The minimum Gasteiger partial charge on any atom is -0.349 e. The lowest BCUT2D eigenvalue weighted by Crippen LogP contribution is -2.26. The van der Waals surface area contributed by atoms with Crippen molar-refractivity contribution < 1.29 is 4.79 Å². The van der Waals surface area contributed by atoms with Gasteiger partial charge in [0.2, 0.25) is 5.91 Å². The van der Waals surface area contributed by atoms with E-state index in [1.165, 1.54) is 5.56 Å². The van der Waals surface area contributed by atoms with Crippen LogP contribution in [0.3, 0.4) is 0 Å². The van der Waals surface area contributed by atoms with Crippen molar-refractivity contribution in [3.63, 3.8) is 0 Å². The minimum absolute atomic E-state index is 0.00201. The summed E-state index contributed by atoms with van der Waals surface area (Å²) in [7, 11) is 0. The number of para-hydroxylation sites is 2. The highest BCUT2D eigenvalue weighted by Crippen LogP contribution is 2.19. The van der Waals surface area contributed by atoms with Crippen molar-refractivity contribution >= 4 is 16.9 Å². The third kappa shape index (κ3) is 3.81. The van der Waals surface area contributed by atoms with Gasteiger partial charge in [-0.25, -0.2) is 4.98 Å². The van der Waals surface area contributed by atoms with Gasteiger partial charge in [-0.05, 0) is 35.7 Å². The Labute approximate surface area is 164 Å². The molecular formula is C24H23N3O. The first kappa shape index (κ1) is 18.0. The van der Waals surface area contributed by atoms with Crippen LogP contribution in [0.15, 0.2) is 78.9 Å². The number of benzene rings is 3. The van der Waals surface area contributed by atoms with Crippen molar-refractivity contribution in [1.82, 2.24) is 14.9 Å². The molecule has 1 N–H and O–H groups in total. The smallest absolute Gasteiger partial charge is 0.224 e. The molecule has 1 aromatic heterocycles. The summed E-state index contributed by atoms with van der Waals surface area (Å²) in [6.45, 7) is 3.35. The van der Waals surface area contributed by atoms with Crippen molar-refractivity contribution in [2.24, 2.45) is 0 Å². The molecule has 0 saturated heterocycles. The van der Waals surface area contributed by atoms with Crippen LogP contribution in [0.1, 0.15) is 18.3 Å².